The molecule has 0 aromatic rings. The Balaban J connectivity index is 1.96. The molecule has 106 valence electrons. The summed E-state index contributed by atoms with van der Waals surface area (Å²) >= 11 is 0. The highest BCUT2D eigenvalue weighted by Crippen LogP contribution is 2.38. The fourth-order valence-electron chi connectivity index (χ4n) is 3.93. The minimum atomic E-state index is -4.08. The van der Waals surface area contributed by atoms with Gasteiger partial charge in [-0.2, -0.15) is 13.2 Å². The quantitative estimate of drug-likeness (QED) is 0.750. The van der Waals surface area contributed by atoms with Crippen molar-refractivity contribution in [1.29, 1.82) is 0 Å². The van der Waals surface area contributed by atoms with Crippen molar-refractivity contribution in [2.24, 2.45) is 17.8 Å². The van der Waals surface area contributed by atoms with Gasteiger partial charge in [-0.05, 0) is 56.3 Å². The lowest BCUT2D eigenvalue weighted by molar-refractivity contribution is -0.165. The Kier molecular flexibility index (Phi) is 4.25. The number of piperidine rings is 1. The molecule has 2 aliphatic rings. The molecule has 1 heterocycles. The summed E-state index contributed by atoms with van der Waals surface area (Å²) in [6, 6.07) is -1.20. The zero-order valence-corrected chi connectivity index (χ0v) is 11.3. The lowest BCUT2D eigenvalue weighted by atomic mass is 9.72. The molecule has 1 N–H and O–H groups in total. The zero-order chi connectivity index (χ0) is 13.3. The number of rotatable bonds is 1. The summed E-state index contributed by atoms with van der Waals surface area (Å²) in [5.41, 5.74) is 0. The zero-order valence-electron chi connectivity index (χ0n) is 11.3. The average molecular weight is 263 g/mol. The van der Waals surface area contributed by atoms with Crippen LogP contribution in [0.1, 0.15) is 52.4 Å². The molecule has 0 aromatic heterocycles. The Labute approximate surface area is 108 Å². The molecule has 0 radical (unpaired) electrons. The van der Waals surface area contributed by atoms with Crippen molar-refractivity contribution in [3.8, 4) is 0 Å². The summed E-state index contributed by atoms with van der Waals surface area (Å²) in [5, 5.41) is 2.88. The number of alkyl halides is 3. The third kappa shape index (κ3) is 3.40. The predicted molar refractivity (Wildman–Crippen MR) is 66.3 cm³/mol. The van der Waals surface area contributed by atoms with Gasteiger partial charge >= 0.3 is 6.18 Å². The Hall–Kier alpha value is -0.250. The van der Waals surface area contributed by atoms with Crippen LogP contribution in [0, 0.1) is 17.8 Å². The van der Waals surface area contributed by atoms with Gasteiger partial charge < -0.3 is 5.32 Å². The van der Waals surface area contributed by atoms with Crippen LogP contribution in [0.2, 0.25) is 0 Å². The van der Waals surface area contributed by atoms with E-state index in [1.807, 2.05) is 0 Å². The maximum absolute atomic E-state index is 12.8. The number of nitrogens with one attached hydrogen (secondary N) is 1. The standard InChI is InChI=1S/C14H24F3N/c1-9-6-10(2)8-11(7-9)12-4-3-5-13(18-12)14(15,16)17/h9-13,18H,3-8H2,1-2H3. The molecule has 0 amide bonds. The van der Waals surface area contributed by atoms with E-state index in [0.29, 0.717) is 24.2 Å². The maximum Gasteiger partial charge on any atom is 0.403 e. The van der Waals surface area contributed by atoms with Crippen LogP contribution in [0.15, 0.2) is 0 Å². The Morgan fingerprint density at radius 3 is 2.11 bits per heavy atom. The van der Waals surface area contributed by atoms with E-state index in [2.05, 4.69) is 19.2 Å². The van der Waals surface area contributed by atoms with E-state index in [4.69, 9.17) is 0 Å². The van der Waals surface area contributed by atoms with Crippen molar-refractivity contribution < 1.29 is 13.2 Å². The Bertz CT molecular complexity index is 267. The molecule has 1 aliphatic heterocycles. The van der Waals surface area contributed by atoms with Crippen molar-refractivity contribution in [2.45, 2.75) is 70.6 Å². The summed E-state index contributed by atoms with van der Waals surface area (Å²) in [6.07, 6.45) is 1.20. The smallest absolute Gasteiger partial charge is 0.303 e. The van der Waals surface area contributed by atoms with Gasteiger partial charge in [-0.25, -0.2) is 0 Å². The maximum atomic E-state index is 12.8. The summed E-state index contributed by atoms with van der Waals surface area (Å²) in [6.45, 7) is 4.46. The van der Waals surface area contributed by atoms with E-state index in [1.165, 1.54) is 6.42 Å². The fourth-order valence-corrected chi connectivity index (χ4v) is 3.93. The number of halogens is 3. The lowest BCUT2D eigenvalue weighted by Gasteiger charge is -2.41. The highest BCUT2D eigenvalue weighted by atomic mass is 19.4. The third-order valence-electron chi connectivity index (χ3n) is 4.60. The van der Waals surface area contributed by atoms with Crippen molar-refractivity contribution in [2.75, 3.05) is 0 Å². The van der Waals surface area contributed by atoms with Gasteiger partial charge in [0.2, 0.25) is 0 Å². The van der Waals surface area contributed by atoms with Gasteiger partial charge in [-0.3, -0.25) is 0 Å². The first-order valence-corrected chi connectivity index (χ1v) is 7.19. The molecule has 1 saturated heterocycles. The molecule has 2 rings (SSSR count). The largest absolute Gasteiger partial charge is 0.403 e. The first-order valence-electron chi connectivity index (χ1n) is 7.19. The monoisotopic (exact) mass is 263 g/mol. The summed E-state index contributed by atoms with van der Waals surface area (Å²) in [5.74, 6) is 1.76. The molecular formula is C14H24F3N. The van der Waals surface area contributed by atoms with Crippen LogP contribution in [0.4, 0.5) is 13.2 Å². The van der Waals surface area contributed by atoms with Gasteiger partial charge in [-0.15, -0.1) is 0 Å². The third-order valence-corrected chi connectivity index (χ3v) is 4.60. The van der Waals surface area contributed by atoms with E-state index in [-0.39, 0.29) is 12.5 Å². The first kappa shape index (κ1) is 14.2. The van der Waals surface area contributed by atoms with Gasteiger partial charge in [-0.1, -0.05) is 13.8 Å². The van der Waals surface area contributed by atoms with Crippen molar-refractivity contribution in [1.82, 2.24) is 5.32 Å². The molecule has 0 aromatic carbocycles. The molecule has 4 atom stereocenters. The number of hydrogen-bond donors (Lipinski definition) is 1. The van der Waals surface area contributed by atoms with E-state index < -0.39 is 12.2 Å². The average Bonchev–Trinajstić information content (AvgIpc) is 2.27. The molecule has 18 heavy (non-hydrogen) atoms. The molecule has 1 aliphatic carbocycles. The van der Waals surface area contributed by atoms with Gasteiger partial charge in [0.25, 0.3) is 0 Å². The van der Waals surface area contributed by atoms with Crippen LogP contribution in [0.25, 0.3) is 0 Å². The van der Waals surface area contributed by atoms with Crippen molar-refractivity contribution in [3.05, 3.63) is 0 Å². The lowest BCUT2D eigenvalue weighted by Crippen LogP contribution is -2.53. The van der Waals surface area contributed by atoms with Crippen LogP contribution in [-0.2, 0) is 0 Å². The van der Waals surface area contributed by atoms with E-state index >= 15 is 0 Å². The molecule has 1 saturated carbocycles. The SMILES string of the molecule is CC1CC(C)CC(C2CCCC(C(F)(F)F)N2)C1. The Morgan fingerprint density at radius 1 is 0.944 bits per heavy atom. The number of hydrogen-bond acceptors (Lipinski definition) is 1. The van der Waals surface area contributed by atoms with Crippen molar-refractivity contribution in [3.63, 3.8) is 0 Å². The van der Waals surface area contributed by atoms with Gasteiger partial charge in [0.05, 0.1) is 0 Å². The summed E-state index contributed by atoms with van der Waals surface area (Å²) < 4.78 is 38.3. The van der Waals surface area contributed by atoms with Gasteiger partial charge in [0.1, 0.15) is 6.04 Å². The second kappa shape index (κ2) is 5.40. The molecule has 1 nitrogen and oxygen atoms in total. The topological polar surface area (TPSA) is 12.0 Å². The summed E-state index contributed by atoms with van der Waals surface area (Å²) in [4.78, 5) is 0. The highest BCUT2D eigenvalue weighted by molar-refractivity contribution is 4.91. The van der Waals surface area contributed by atoms with Crippen LogP contribution < -0.4 is 5.32 Å². The normalized spacial score (nSPS) is 42.8. The van der Waals surface area contributed by atoms with Crippen LogP contribution >= 0.6 is 0 Å². The van der Waals surface area contributed by atoms with Crippen molar-refractivity contribution >= 4 is 0 Å². The van der Waals surface area contributed by atoms with Crippen LogP contribution in [-0.4, -0.2) is 18.3 Å². The van der Waals surface area contributed by atoms with E-state index in [0.717, 1.165) is 19.3 Å². The molecule has 0 bridgehead atoms. The predicted octanol–water partition coefficient (Wildman–Crippen LogP) is 4.13. The van der Waals surface area contributed by atoms with Gasteiger partial charge in [0.15, 0.2) is 0 Å². The molecular weight excluding hydrogens is 239 g/mol. The summed E-state index contributed by atoms with van der Waals surface area (Å²) in [7, 11) is 0. The molecule has 2 fully saturated rings. The first-order chi connectivity index (χ1) is 8.36. The molecule has 0 spiro atoms. The van der Waals surface area contributed by atoms with E-state index in [1.54, 1.807) is 0 Å². The second-order valence-corrected chi connectivity index (χ2v) is 6.48. The van der Waals surface area contributed by atoms with Gasteiger partial charge in [0, 0.05) is 6.04 Å². The van der Waals surface area contributed by atoms with Crippen LogP contribution in [0.5, 0.6) is 0 Å². The van der Waals surface area contributed by atoms with E-state index in [9.17, 15) is 13.2 Å². The fraction of sp³-hybridized carbons (Fsp3) is 1.00. The minimum Gasteiger partial charge on any atom is -0.303 e. The van der Waals surface area contributed by atoms with Crippen LogP contribution in [0.3, 0.4) is 0 Å². The second-order valence-electron chi connectivity index (χ2n) is 6.48. The molecule has 4 heteroatoms. The highest BCUT2D eigenvalue weighted by Gasteiger charge is 2.43. The molecule has 4 unspecified atom stereocenters. The Morgan fingerprint density at radius 2 is 1.56 bits per heavy atom. The minimum absolute atomic E-state index is 0.0792.